The van der Waals surface area contributed by atoms with Gasteiger partial charge in [-0.1, -0.05) is 18.2 Å². The topological polar surface area (TPSA) is 81.3 Å². The van der Waals surface area contributed by atoms with Crippen LogP contribution in [0.2, 0.25) is 0 Å². The van der Waals surface area contributed by atoms with Crippen molar-refractivity contribution >= 4 is 5.69 Å². The summed E-state index contributed by atoms with van der Waals surface area (Å²) in [6.07, 6.45) is -8.65. The lowest BCUT2D eigenvalue weighted by Gasteiger charge is -2.24. The monoisotopic (exact) mass is 450 g/mol. The van der Waals surface area contributed by atoms with E-state index >= 15 is 0 Å². The summed E-state index contributed by atoms with van der Waals surface area (Å²) in [5.74, 6) is -0.292. The van der Waals surface area contributed by atoms with E-state index in [1.54, 1.807) is 0 Å². The molecule has 0 spiro atoms. The van der Waals surface area contributed by atoms with Gasteiger partial charge in [-0.05, 0) is 18.9 Å². The predicted octanol–water partition coefficient (Wildman–Crippen LogP) is 4.07. The van der Waals surface area contributed by atoms with Crippen molar-refractivity contribution in [1.82, 2.24) is 14.7 Å². The fourth-order valence-electron chi connectivity index (χ4n) is 3.10. The summed E-state index contributed by atoms with van der Waals surface area (Å²) in [4.78, 5) is 23.3. The standard InChI is InChI=1S/C18H16F6N4O3/c19-17(20,21)9-26(8-12-3-1-2-4-15(12)28(30)31)10-27-16(29)13(18(22,23)24)7-14(25-27)11-5-6-11/h1-4,7,11H,5-6,8-10H2. The number of nitro benzene ring substituents is 1. The second kappa shape index (κ2) is 8.29. The number of hydrogen-bond acceptors (Lipinski definition) is 5. The van der Waals surface area contributed by atoms with E-state index in [4.69, 9.17) is 0 Å². The summed E-state index contributed by atoms with van der Waals surface area (Å²) < 4.78 is 79.5. The number of aromatic nitrogens is 2. The molecule has 1 aliphatic carbocycles. The van der Waals surface area contributed by atoms with Crippen LogP contribution in [0.3, 0.4) is 0 Å². The molecule has 0 amide bonds. The lowest BCUT2D eigenvalue weighted by atomic mass is 10.1. The van der Waals surface area contributed by atoms with Crippen molar-refractivity contribution in [1.29, 1.82) is 0 Å². The molecule has 1 aliphatic rings. The summed E-state index contributed by atoms with van der Waals surface area (Å²) in [5.41, 5.74) is -3.64. The van der Waals surface area contributed by atoms with E-state index in [2.05, 4.69) is 5.10 Å². The Morgan fingerprint density at radius 3 is 2.35 bits per heavy atom. The quantitative estimate of drug-likeness (QED) is 0.361. The minimum atomic E-state index is -5.00. The maximum absolute atomic E-state index is 13.3. The minimum absolute atomic E-state index is 0.0235. The lowest BCUT2D eigenvalue weighted by Crippen LogP contribution is -2.41. The Kier molecular flexibility index (Phi) is 6.07. The van der Waals surface area contributed by atoms with Crippen LogP contribution in [0.5, 0.6) is 0 Å². The molecule has 1 aromatic heterocycles. The maximum Gasteiger partial charge on any atom is 0.421 e. The second-order valence-electron chi connectivity index (χ2n) is 7.19. The number of halogens is 6. The van der Waals surface area contributed by atoms with E-state index in [1.165, 1.54) is 18.2 Å². The SMILES string of the molecule is O=c1c(C(F)(F)F)cc(C2CC2)nn1CN(Cc1ccccc1[N+](=O)[O-])CC(F)(F)F. The summed E-state index contributed by atoms with van der Waals surface area (Å²) >= 11 is 0. The van der Waals surface area contributed by atoms with Gasteiger partial charge in [0.1, 0.15) is 5.56 Å². The summed E-state index contributed by atoms with van der Waals surface area (Å²) in [5, 5.41) is 15.0. The van der Waals surface area contributed by atoms with Crippen molar-refractivity contribution in [3.63, 3.8) is 0 Å². The van der Waals surface area contributed by atoms with Gasteiger partial charge >= 0.3 is 12.4 Å². The van der Waals surface area contributed by atoms with Crippen LogP contribution in [0.25, 0.3) is 0 Å². The van der Waals surface area contributed by atoms with E-state index in [0.717, 1.165) is 6.07 Å². The van der Waals surface area contributed by atoms with Crippen LogP contribution in [-0.2, 0) is 19.4 Å². The fourth-order valence-corrected chi connectivity index (χ4v) is 3.10. The Morgan fingerprint density at radius 2 is 1.81 bits per heavy atom. The summed E-state index contributed by atoms with van der Waals surface area (Å²) in [6, 6.07) is 5.68. The van der Waals surface area contributed by atoms with Gasteiger partial charge in [0.2, 0.25) is 0 Å². The first-order chi connectivity index (χ1) is 14.3. The molecule has 1 aromatic carbocycles. The van der Waals surface area contributed by atoms with E-state index in [-0.39, 0.29) is 17.2 Å². The molecule has 0 radical (unpaired) electrons. The minimum Gasteiger partial charge on any atom is -0.271 e. The number of hydrogen-bond donors (Lipinski definition) is 0. The largest absolute Gasteiger partial charge is 0.421 e. The van der Waals surface area contributed by atoms with Gasteiger partial charge in [0.15, 0.2) is 0 Å². The molecule has 1 fully saturated rings. The highest BCUT2D eigenvalue weighted by atomic mass is 19.4. The number of benzene rings is 1. The molecular weight excluding hydrogens is 434 g/mol. The second-order valence-corrected chi connectivity index (χ2v) is 7.19. The number of para-hydroxylation sites is 1. The molecule has 1 heterocycles. The molecule has 3 rings (SSSR count). The summed E-state index contributed by atoms with van der Waals surface area (Å²) in [6.45, 7) is -3.16. The fraction of sp³-hybridized carbons (Fsp3) is 0.444. The molecule has 13 heteroatoms. The molecule has 7 nitrogen and oxygen atoms in total. The van der Waals surface area contributed by atoms with Crippen molar-refractivity contribution in [3.05, 3.63) is 67.6 Å². The first-order valence-corrected chi connectivity index (χ1v) is 9.06. The van der Waals surface area contributed by atoms with Gasteiger partial charge in [-0.25, -0.2) is 4.68 Å². The number of alkyl halides is 6. The highest BCUT2D eigenvalue weighted by molar-refractivity contribution is 5.39. The van der Waals surface area contributed by atoms with Crippen molar-refractivity contribution in [3.8, 4) is 0 Å². The molecule has 0 bridgehead atoms. The third-order valence-electron chi connectivity index (χ3n) is 4.61. The Labute approximate surface area is 171 Å². The zero-order chi connectivity index (χ0) is 23.0. The van der Waals surface area contributed by atoms with Crippen LogP contribution in [-0.4, -0.2) is 32.3 Å². The van der Waals surface area contributed by atoms with Crippen LogP contribution in [0, 0.1) is 10.1 Å². The van der Waals surface area contributed by atoms with Gasteiger partial charge in [0, 0.05) is 24.1 Å². The molecule has 0 saturated heterocycles. The third-order valence-corrected chi connectivity index (χ3v) is 4.61. The van der Waals surface area contributed by atoms with Crippen molar-refractivity contribution < 1.29 is 31.3 Å². The highest BCUT2D eigenvalue weighted by Crippen LogP contribution is 2.40. The van der Waals surface area contributed by atoms with Gasteiger partial charge in [0.05, 0.1) is 23.8 Å². The smallest absolute Gasteiger partial charge is 0.271 e. The third kappa shape index (κ3) is 5.81. The van der Waals surface area contributed by atoms with Crippen LogP contribution in [0.15, 0.2) is 35.1 Å². The Balaban J connectivity index is 2.00. The average molecular weight is 450 g/mol. The average Bonchev–Trinajstić information content (AvgIpc) is 3.46. The van der Waals surface area contributed by atoms with Gasteiger partial charge in [-0.15, -0.1) is 0 Å². The van der Waals surface area contributed by atoms with Gasteiger partial charge in [-0.3, -0.25) is 19.8 Å². The van der Waals surface area contributed by atoms with Crippen molar-refractivity contribution in [2.45, 2.75) is 44.3 Å². The van der Waals surface area contributed by atoms with Gasteiger partial charge in [-0.2, -0.15) is 31.4 Å². The first-order valence-electron chi connectivity index (χ1n) is 9.06. The van der Waals surface area contributed by atoms with E-state index in [9.17, 15) is 41.3 Å². The first kappa shape index (κ1) is 22.7. The molecule has 0 unspecified atom stereocenters. The number of nitro groups is 1. The zero-order valence-corrected chi connectivity index (χ0v) is 15.8. The molecular formula is C18H16F6N4O3. The lowest BCUT2D eigenvalue weighted by molar-refractivity contribution is -0.385. The van der Waals surface area contributed by atoms with Crippen molar-refractivity contribution in [2.24, 2.45) is 0 Å². The van der Waals surface area contributed by atoms with Gasteiger partial charge < -0.3 is 0 Å². The molecule has 0 aliphatic heterocycles. The van der Waals surface area contributed by atoms with Crippen LogP contribution >= 0.6 is 0 Å². The Morgan fingerprint density at radius 1 is 1.16 bits per heavy atom. The highest BCUT2D eigenvalue weighted by Gasteiger charge is 2.38. The Bertz CT molecular complexity index is 1030. The van der Waals surface area contributed by atoms with Crippen LogP contribution in [0.4, 0.5) is 32.0 Å². The molecule has 2 aromatic rings. The molecule has 0 N–H and O–H groups in total. The zero-order valence-electron chi connectivity index (χ0n) is 15.8. The summed E-state index contributed by atoms with van der Waals surface area (Å²) in [7, 11) is 0. The molecule has 168 valence electrons. The molecule has 1 saturated carbocycles. The predicted molar refractivity (Wildman–Crippen MR) is 95.0 cm³/mol. The van der Waals surface area contributed by atoms with Crippen LogP contribution < -0.4 is 5.56 Å². The normalized spacial score (nSPS) is 14.8. The molecule has 31 heavy (non-hydrogen) atoms. The van der Waals surface area contributed by atoms with Crippen LogP contribution in [0.1, 0.15) is 35.6 Å². The maximum atomic E-state index is 13.3. The van der Waals surface area contributed by atoms with E-state index in [1.807, 2.05) is 0 Å². The Hall–Kier alpha value is -2.96. The number of rotatable bonds is 7. The van der Waals surface area contributed by atoms with Gasteiger partial charge in [0.25, 0.3) is 11.2 Å². The number of nitrogens with zero attached hydrogens (tertiary/aromatic N) is 4. The molecule has 0 atom stereocenters. The van der Waals surface area contributed by atoms with Crippen molar-refractivity contribution in [2.75, 3.05) is 6.54 Å². The van der Waals surface area contributed by atoms with E-state index in [0.29, 0.717) is 28.5 Å². The van der Waals surface area contributed by atoms with E-state index < -0.39 is 53.8 Å².